The molecular weight excluding hydrogens is 288 g/mol. The summed E-state index contributed by atoms with van der Waals surface area (Å²) >= 11 is 1.60. The SMILES string of the molecule is COC(=O)C(CSCCNCc1ccccc1)NC(C)=O. The van der Waals surface area contributed by atoms with Gasteiger partial charge in [-0.3, -0.25) is 4.79 Å². The average Bonchev–Trinajstić information content (AvgIpc) is 2.49. The van der Waals surface area contributed by atoms with Crippen LogP contribution in [0.2, 0.25) is 0 Å². The predicted molar refractivity (Wildman–Crippen MR) is 85.1 cm³/mol. The molecule has 0 radical (unpaired) electrons. The molecule has 1 aromatic rings. The van der Waals surface area contributed by atoms with Crippen LogP contribution >= 0.6 is 11.8 Å². The van der Waals surface area contributed by atoms with Crippen LogP contribution in [0, 0.1) is 0 Å². The van der Waals surface area contributed by atoms with E-state index in [1.807, 2.05) is 18.2 Å². The van der Waals surface area contributed by atoms with Gasteiger partial charge in [-0.2, -0.15) is 11.8 Å². The van der Waals surface area contributed by atoms with Gasteiger partial charge >= 0.3 is 5.97 Å². The first-order valence-electron chi connectivity index (χ1n) is 6.80. The van der Waals surface area contributed by atoms with Crippen LogP contribution in [0.1, 0.15) is 12.5 Å². The molecule has 0 bridgehead atoms. The molecule has 0 aliphatic rings. The second kappa shape index (κ2) is 10.2. The van der Waals surface area contributed by atoms with Gasteiger partial charge in [0.25, 0.3) is 0 Å². The molecule has 6 heteroatoms. The maximum atomic E-state index is 11.5. The van der Waals surface area contributed by atoms with Gasteiger partial charge in [-0.05, 0) is 5.56 Å². The molecule has 0 saturated heterocycles. The minimum atomic E-state index is -0.577. The van der Waals surface area contributed by atoms with Gasteiger partial charge < -0.3 is 15.4 Å². The van der Waals surface area contributed by atoms with Gasteiger partial charge in [-0.25, -0.2) is 4.79 Å². The van der Waals surface area contributed by atoms with E-state index in [1.165, 1.54) is 19.6 Å². The highest BCUT2D eigenvalue weighted by molar-refractivity contribution is 7.99. The number of thioether (sulfide) groups is 1. The van der Waals surface area contributed by atoms with Gasteiger partial charge in [0.2, 0.25) is 5.91 Å². The zero-order chi connectivity index (χ0) is 15.5. The third kappa shape index (κ3) is 7.72. The highest BCUT2D eigenvalue weighted by atomic mass is 32.2. The van der Waals surface area contributed by atoms with E-state index in [0.29, 0.717) is 5.75 Å². The molecule has 0 saturated carbocycles. The lowest BCUT2D eigenvalue weighted by molar-refractivity contribution is -0.144. The lowest BCUT2D eigenvalue weighted by Gasteiger charge is -2.15. The second-order valence-corrected chi connectivity index (χ2v) is 5.66. The lowest BCUT2D eigenvalue weighted by Crippen LogP contribution is -2.42. The van der Waals surface area contributed by atoms with Crippen LogP contribution < -0.4 is 10.6 Å². The molecule has 0 aromatic heterocycles. The van der Waals surface area contributed by atoms with Crippen molar-refractivity contribution in [3.8, 4) is 0 Å². The van der Waals surface area contributed by atoms with Gasteiger partial charge in [-0.15, -0.1) is 0 Å². The smallest absolute Gasteiger partial charge is 0.329 e. The number of esters is 1. The Balaban J connectivity index is 2.16. The molecule has 116 valence electrons. The van der Waals surface area contributed by atoms with E-state index in [0.717, 1.165) is 18.8 Å². The first-order chi connectivity index (χ1) is 10.1. The van der Waals surface area contributed by atoms with E-state index in [9.17, 15) is 9.59 Å². The Morgan fingerprint density at radius 1 is 1.29 bits per heavy atom. The van der Waals surface area contributed by atoms with Gasteiger partial charge in [0.15, 0.2) is 0 Å². The maximum Gasteiger partial charge on any atom is 0.329 e. The van der Waals surface area contributed by atoms with E-state index in [-0.39, 0.29) is 5.91 Å². The quantitative estimate of drug-likeness (QED) is 0.530. The third-order valence-corrected chi connectivity index (χ3v) is 3.80. The van der Waals surface area contributed by atoms with Crippen LogP contribution in [0.5, 0.6) is 0 Å². The summed E-state index contributed by atoms with van der Waals surface area (Å²) in [6, 6.07) is 9.59. The molecule has 0 aliphatic carbocycles. The molecule has 1 unspecified atom stereocenters. The largest absolute Gasteiger partial charge is 0.467 e. The summed E-state index contributed by atoms with van der Waals surface area (Å²) in [6.45, 7) is 3.06. The van der Waals surface area contributed by atoms with Crippen LogP contribution in [-0.2, 0) is 20.9 Å². The summed E-state index contributed by atoms with van der Waals surface area (Å²) in [4.78, 5) is 22.5. The molecular formula is C15H22N2O3S. The van der Waals surface area contributed by atoms with Crippen molar-refractivity contribution in [3.63, 3.8) is 0 Å². The fraction of sp³-hybridized carbons (Fsp3) is 0.467. The zero-order valence-electron chi connectivity index (χ0n) is 12.4. The molecule has 1 amide bonds. The number of amides is 1. The normalized spacial score (nSPS) is 11.7. The summed E-state index contributed by atoms with van der Waals surface area (Å²) in [7, 11) is 1.32. The van der Waals surface area contributed by atoms with Gasteiger partial charge in [0.05, 0.1) is 7.11 Å². The Morgan fingerprint density at radius 3 is 2.62 bits per heavy atom. The first-order valence-corrected chi connectivity index (χ1v) is 7.96. The van der Waals surface area contributed by atoms with Crippen LogP contribution in [0.15, 0.2) is 30.3 Å². The predicted octanol–water partition coefficient (Wildman–Crippen LogP) is 1.19. The highest BCUT2D eigenvalue weighted by Gasteiger charge is 2.19. The molecule has 0 aliphatic heterocycles. The van der Waals surface area contributed by atoms with Crippen molar-refractivity contribution >= 4 is 23.6 Å². The van der Waals surface area contributed by atoms with Crippen LogP contribution in [0.25, 0.3) is 0 Å². The molecule has 5 nitrogen and oxygen atoms in total. The van der Waals surface area contributed by atoms with Crippen LogP contribution in [0.4, 0.5) is 0 Å². The summed E-state index contributed by atoms with van der Waals surface area (Å²) in [5.74, 6) is 0.738. The number of benzene rings is 1. The zero-order valence-corrected chi connectivity index (χ0v) is 13.2. The molecule has 0 fully saturated rings. The highest BCUT2D eigenvalue weighted by Crippen LogP contribution is 2.04. The van der Waals surface area contributed by atoms with Crippen LogP contribution in [0.3, 0.4) is 0 Å². The summed E-state index contributed by atoms with van der Waals surface area (Å²) in [5.41, 5.74) is 1.24. The number of nitrogens with one attached hydrogen (secondary N) is 2. The Hall–Kier alpha value is -1.53. The molecule has 2 N–H and O–H groups in total. The minimum absolute atomic E-state index is 0.229. The lowest BCUT2D eigenvalue weighted by atomic mass is 10.2. The Bertz CT molecular complexity index is 440. The first kappa shape index (κ1) is 17.5. The number of hydrogen-bond acceptors (Lipinski definition) is 5. The van der Waals surface area contributed by atoms with Crippen molar-refractivity contribution in [3.05, 3.63) is 35.9 Å². The van der Waals surface area contributed by atoms with Crippen molar-refractivity contribution in [1.29, 1.82) is 0 Å². The van der Waals surface area contributed by atoms with Crippen molar-refractivity contribution < 1.29 is 14.3 Å². The number of methoxy groups -OCH3 is 1. The van der Waals surface area contributed by atoms with E-state index in [4.69, 9.17) is 0 Å². The van der Waals surface area contributed by atoms with Crippen molar-refractivity contribution in [2.45, 2.75) is 19.5 Å². The fourth-order valence-corrected chi connectivity index (χ4v) is 2.64. The van der Waals surface area contributed by atoms with Crippen molar-refractivity contribution in [2.75, 3.05) is 25.2 Å². The van der Waals surface area contributed by atoms with E-state index < -0.39 is 12.0 Å². The standard InChI is InChI=1S/C15H22N2O3S/c1-12(18)17-14(15(19)20-2)11-21-9-8-16-10-13-6-4-3-5-7-13/h3-7,14,16H,8-11H2,1-2H3,(H,17,18). The Labute approximate surface area is 129 Å². The summed E-state index contributed by atoms with van der Waals surface area (Å²) < 4.78 is 4.67. The summed E-state index contributed by atoms with van der Waals surface area (Å²) in [5, 5.41) is 5.93. The molecule has 0 heterocycles. The number of rotatable bonds is 9. The second-order valence-electron chi connectivity index (χ2n) is 4.51. The van der Waals surface area contributed by atoms with Crippen molar-refractivity contribution in [1.82, 2.24) is 10.6 Å². The number of hydrogen-bond donors (Lipinski definition) is 2. The molecule has 1 rings (SSSR count). The molecule has 0 spiro atoms. The van der Waals surface area contributed by atoms with E-state index in [2.05, 4.69) is 27.5 Å². The fourth-order valence-electron chi connectivity index (χ4n) is 1.73. The van der Waals surface area contributed by atoms with Gasteiger partial charge in [-0.1, -0.05) is 30.3 Å². The third-order valence-electron chi connectivity index (χ3n) is 2.74. The molecule has 1 atom stereocenters. The number of ether oxygens (including phenoxy) is 1. The maximum absolute atomic E-state index is 11.5. The minimum Gasteiger partial charge on any atom is -0.467 e. The number of carbonyl (C=O) groups is 2. The van der Waals surface area contributed by atoms with Crippen LogP contribution in [-0.4, -0.2) is 43.1 Å². The van der Waals surface area contributed by atoms with Crippen molar-refractivity contribution in [2.24, 2.45) is 0 Å². The number of carbonyl (C=O) groups excluding carboxylic acids is 2. The molecule has 21 heavy (non-hydrogen) atoms. The Morgan fingerprint density at radius 2 is 2.00 bits per heavy atom. The van der Waals surface area contributed by atoms with E-state index >= 15 is 0 Å². The van der Waals surface area contributed by atoms with E-state index in [1.54, 1.807) is 11.8 Å². The van der Waals surface area contributed by atoms with Gasteiger partial charge in [0.1, 0.15) is 6.04 Å². The Kier molecular flexibility index (Phi) is 8.54. The average molecular weight is 310 g/mol. The monoisotopic (exact) mass is 310 g/mol. The summed E-state index contributed by atoms with van der Waals surface area (Å²) in [6.07, 6.45) is 0. The molecule has 1 aromatic carbocycles. The topological polar surface area (TPSA) is 67.4 Å². The van der Waals surface area contributed by atoms with Gasteiger partial charge in [0, 0.05) is 31.5 Å².